The normalized spacial score (nSPS) is 21.5. The van der Waals surface area contributed by atoms with Gasteiger partial charge in [-0.15, -0.1) is 0 Å². The number of hydrogen-bond donors (Lipinski definition) is 1. The first-order chi connectivity index (χ1) is 7.29. The van der Waals surface area contributed by atoms with E-state index in [1.54, 1.807) is 0 Å². The molecular weight excluding hydrogens is 186 g/mol. The standard InChI is InChI=1S/C12H19N3/c1-10-5-4-8-15(9-10)12-7-3-6-11(13-2)14-12/h3,6-7,10H,4-5,8-9H2,1-2H3,(H,13,14). The second-order valence-electron chi connectivity index (χ2n) is 4.32. The van der Waals surface area contributed by atoms with Crippen LogP contribution in [0.25, 0.3) is 0 Å². The van der Waals surface area contributed by atoms with Crippen LogP contribution in [0.1, 0.15) is 19.8 Å². The molecule has 1 aliphatic rings. The maximum Gasteiger partial charge on any atom is 0.130 e. The number of nitrogens with zero attached hydrogens (tertiary/aromatic N) is 2. The molecule has 1 atom stereocenters. The van der Waals surface area contributed by atoms with Gasteiger partial charge in [-0.1, -0.05) is 13.0 Å². The highest BCUT2D eigenvalue weighted by atomic mass is 15.2. The van der Waals surface area contributed by atoms with Gasteiger partial charge in [-0.3, -0.25) is 0 Å². The lowest BCUT2D eigenvalue weighted by molar-refractivity contribution is 0.444. The smallest absolute Gasteiger partial charge is 0.130 e. The summed E-state index contributed by atoms with van der Waals surface area (Å²) in [6, 6.07) is 6.16. The van der Waals surface area contributed by atoms with Crippen LogP contribution in [0, 0.1) is 5.92 Å². The molecule has 2 heterocycles. The van der Waals surface area contributed by atoms with Crippen LogP contribution in [-0.2, 0) is 0 Å². The molecule has 0 bridgehead atoms. The summed E-state index contributed by atoms with van der Waals surface area (Å²) in [5, 5.41) is 3.08. The number of nitrogens with one attached hydrogen (secondary N) is 1. The molecule has 0 aliphatic carbocycles. The molecule has 0 aromatic carbocycles. The monoisotopic (exact) mass is 205 g/mol. The van der Waals surface area contributed by atoms with E-state index in [9.17, 15) is 0 Å². The molecular formula is C12H19N3. The highest BCUT2D eigenvalue weighted by Gasteiger charge is 2.17. The summed E-state index contributed by atoms with van der Waals surface area (Å²) >= 11 is 0. The van der Waals surface area contributed by atoms with Gasteiger partial charge in [0.1, 0.15) is 11.6 Å². The van der Waals surface area contributed by atoms with Crippen LogP contribution in [0.15, 0.2) is 18.2 Å². The maximum absolute atomic E-state index is 4.56. The number of rotatable bonds is 2. The zero-order chi connectivity index (χ0) is 10.7. The summed E-state index contributed by atoms with van der Waals surface area (Å²) in [6.45, 7) is 4.60. The summed E-state index contributed by atoms with van der Waals surface area (Å²) in [7, 11) is 1.91. The predicted molar refractivity (Wildman–Crippen MR) is 64.4 cm³/mol. The van der Waals surface area contributed by atoms with Crippen molar-refractivity contribution in [2.45, 2.75) is 19.8 Å². The fourth-order valence-corrected chi connectivity index (χ4v) is 2.14. The second-order valence-corrected chi connectivity index (χ2v) is 4.32. The van der Waals surface area contributed by atoms with Gasteiger partial charge < -0.3 is 10.2 Å². The van der Waals surface area contributed by atoms with E-state index in [2.05, 4.69) is 34.3 Å². The molecule has 0 saturated carbocycles. The van der Waals surface area contributed by atoms with Gasteiger partial charge in [-0.2, -0.15) is 0 Å². The zero-order valence-corrected chi connectivity index (χ0v) is 9.53. The Kier molecular flexibility index (Phi) is 3.09. The number of pyridine rings is 1. The van der Waals surface area contributed by atoms with Crippen LogP contribution in [-0.4, -0.2) is 25.1 Å². The van der Waals surface area contributed by atoms with Gasteiger partial charge in [0.2, 0.25) is 0 Å². The Labute approximate surface area is 91.5 Å². The molecule has 0 amide bonds. The molecule has 1 N–H and O–H groups in total. The molecule has 15 heavy (non-hydrogen) atoms. The fourth-order valence-electron chi connectivity index (χ4n) is 2.14. The summed E-state index contributed by atoms with van der Waals surface area (Å²) in [5.74, 6) is 2.85. The van der Waals surface area contributed by atoms with E-state index in [1.165, 1.54) is 12.8 Å². The Morgan fingerprint density at radius 2 is 2.33 bits per heavy atom. The minimum absolute atomic E-state index is 0.791. The van der Waals surface area contributed by atoms with Gasteiger partial charge in [-0.25, -0.2) is 4.98 Å². The van der Waals surface area contributed by atoms with E-state index in [0.717, 1.165) is 30.6 Å². The van der Waals surface area contributed by atoms with Gasteiger partial charge in [0.15, 0.2) is 0 Å². The highest BCUT2D eigenvalue weighted by Crippen LogP contribution is 2.21. The van der Waals surface area contributed by atoms with Gasteiger partial charge in [0.25, 0.3) is 0 Å². The van der Waals surface area contributed by atoms with Gasteiger partial charge >= 0.3 is 0 Å². The van der Waals surface area contributed by atoms with Crippen LogP contribution in [0.4, 0.5) is 11.6 Å². The molecule has 3 nitrogen and oxygen atoms in total. The lowest BCUT2D eigenvalue weighted by atomic mass is 10.0. The molecule has 0 radical (unpaired) electrons. The molecule has 3 heteroatoms. The third-order valence-electron chi connectivity index (χ3n) is 2.97. The molecule has 0 spiro atoms. The Bertz CT molecular complexity index is 324. The van der Waals surface area contributed by atoms with Crippen LogP contribution < -0.4 is 10.2 Å². The Morgan fingerprint density at radius 1 is 1.47 bits per heavy atom. The summed E-state index contributed by atoms with van der Waals surface area (Å²) < 4.78 is 0. The predicted octanol–water partition coefficient (Wildman–Crippen LogP) is 2.36. The lowest BCUT2D eigenvalue weighted by Gasteiger charge is -2.31. The van der Waals surface area contributed by atoms with Crippen LogP contribution in [0.3, 0.4) is 0 Å². The third-order valence-corrected chi connectivity index (χ3v) is 2.97. The minimum Gasteiger partial charge on any atom is -0.373 e. The Balaban J connectivity index is 2.13. The van der Waals surface area contributed by atoms with Crippen molar-refractivity contribution in [1.29, 1.82) is 0 Å². The van der Waals surface area contributed by atoms with Gasteiger partial charge in [0, 0.05) is 20.1 Å². The molecule has 82 valence electrons. The van der Waals surface area contributed by atoms with Crippen molar-refractivity contribution in [3.05, 3.63) is 18.2 Å². The SMILES string of the molecule is CNc1cccc(N2CCCC(C)C2)n1. The number of anilines is 2. The Morgan fingerprint density at radius 3 is 3.07 bits per heavy atom. The minimum atomic E-state index is 0.791. The molecule has 1 aromatic rings. The topological polar surface area (TPSA) is 28.2 Å². The van der Waals surface area contributed by atoms with E-state index < -0.39 is 0 Å². The molecule has 1 saturated heterocycles. The first kappa shape index (κ1) is 10.3. The van der Waals surface area contributed by atoms with Gasteiger partial charge in [-0.05, 0) is 30.9 Å². The van der Waals surface area contributed by atoms with Crippen molar-refractivity contribution in [2.75, 3.05) is 30.4 Å². The van der Waals surface area contributed by atoms with E-state index >= 15 is 0 Å². The summed E-state index contributed by atoms with van der Waals surface area (Å²) in [6.07, 6.45) is 2.63. The third kappa shape index (κ3) is 2.41. The second kappa shape index (κ2) is 4.51. The summed E-state index contributed by atoms with van der Waals surface area (Å²) in [4.78, 5) is 6.95. The Hall–Kier alpha value is -1.25. The van der Waals surface area contributed by atoms with E-state index in [4.69, 9.17) is 0 Å². The fraction of sp³-hybridized carbons (Fsp3) is 0.583. The number of aromatic nitrogens is 1. The summed E-state index contributed by atoms with van der Waals surface area (Å²) in [5.41, 5.74) is 0. The first-order valence-corrected chi connectivity index (χ1v) is 5.69. The highest BCUT2D eigenvalue weighted by molar-refractivity contribution is 5.47. The van der Waals surface area contributed by atoms with Crippen LogP contribution in [0.2, 0.25) is 0 Å². The van der Waals surface area contributed by atoms with Crippen molar-refractivity contribution in [1.82, 2.24) is 4.98 Å². The molecule has 1 unspecified atom stereocenters. The van der Waals surface area contributed by atoms with Crippen molar-refractivity contribution in [3.63, 3.8) is 0 Å². The average molecular weight is 205 g/mol. The quantitative estimate of drug-likeness (QED) is 0.803. The van der Waals surface area contributed by atoms with Crippen LogP contribution >= 0.6 is 0 Å². The maximum atomic E-state index is 4.56. The average Bonchev–Trinajstić information content (AvgIpc) is 2.29. The molecule has 1 aromatic heterocycles. The van der Waals surface area contributed by atoms with Crippen molar-refractivity contribution < 1.29 is 0 Å². The number of piperidine rings is 1. The lowest BCUT2D eigenvalue weighted by Crippen LogP contribution is -2.34. The van der Waals surface area contributed by atoms with Crippen molar-refractivity contribution in [2.24, 2.45) is 5.92 Å². The van der Waals surface area contributed by atoms with E-state index in [0.29, 0.717) is 0 Å². The van der Waals surface area contributed by atoms with Crippen molar-refractivity contribution >= 4 is 11.6 Å². The zero-order valence-electron chi connectivity index (χ0n) is 9.53. The number of hydrogen-bond acceptors (Lipinski definition) is 3. The van der Waals surface area contributed by atoms with E-state index in [1.807, 2.05) is 13.1 Å². The first-order valence-electron chi connectivity index (χ1n) is 5.69. The van der Waals surface area contributed by atoms with Gasteiger partial charge in [0.05, 0.1) is 0 Å². The molecule has 2 rings (SSSR count). The van der Waals surface area contributed by atoms with Crippen LogP contribution in [0.5, 0.6) is 0 Å². The molecule has 1 fully saturated rings. The largest absolute Gasteiger partial charge is 0.373 e. The van der Waals surface area contributed by atoms with Crippen molar-refractivity contribution in [3.8, 4) is 0 Å². The van der Waals surface area contributed by atoms with E-state index in [-0.39, 0.29) is 0 Å². The molecule has 1 aliphatic heterocycles.